The highest BCUT2D eigenvalue weighted by atomic mass is 127. The second-order valence-electron chi connectivity index (χ2n) is 5.61. The summed E-state index contributed by atoms with van der Waals surface area (Å²) in [6, 6.07) is 0. The Morgan fingerprint density at radius 1 is 1.48 bits per heavy atom. The molecular formula is C14H29IN4OS. The molecule has 0 spiro atoms. The molecule has 1 rings (SSSR count). The molecule has 124 valence electrons. The fourth-order valence-electron chi connectivity index (χ4n) is 2.11. The lowest BCUT2D eigenvalue weighted by Gasteiger charge is -2.36. The van der Waals surface area contributed by atoms with Gasteiger partial charge in [0.2, 0.25) is 5.91 Å². The van der Waals surface area contributed by atoms with Gasteiger partial charge in [0.05, 0.1) is 0 Å². The number of thioether (sulfide) groups is 1. The van der Waals surface area contributed by atoms with Crippen LogP contribution in [-0.4, -0.2) is 73.4 Å². The molecule has 1 atom stereocenters. The molecule has 0 aromatic rings. The van der Waals surface area contributed by atoms with Crippen LogP contribution in [-0.2, 0) is 4.79 Å². The Labute approximate surface area is 150 Å². The molecule has 1 N–H and O–H groups in total. The van der Waals surface area contributed by atoms with E-state index in [0.29, 0.717) is 24.1 Å². The van der Waals surface area contributed by atoms with Gasteiger partial charge in [-0.05, 0) is 5.92 Å². The quantitative estimate of drug-likeness (QED) is 0.421. The van der Waals surface area contributed by atoms with Gasteiger partial charge in [-0.2, -0.15) is 11.8 Å². The first kappa shape index (κ1) is 20.8. The van der Waals surface area contributed by atoms with E-state index in [-0.39, 0.29) is 29.9 Å². The third-order valence-corrected chi connectivity index (χ3v) is 5.01. The fraction of sp³-hybridized carbons (Fsp3) is 0.857. The van der Waals surface area contributed by atoms with Crippen molar-refractivity contribution in [2.24, 2.45) is 10.9 Å². The van der Waals surface area contributed by atoms with E-state index in [1.165, 1.54) is 0 Å². The molecule has 1 saturated heterocycles. The number of carbonyl (C=O) groups is 1. The van der Waals surface area contributed by atoms with Crippen LogP contribution in [0.3, 0.4) is 0 Å². The molecule has 0 bridgehead atoms. The summed E-state index contributed by atoms with van der Waals surface area (Å²) >= 11 is 2.05. The third-order valence-electron chi connectivity index (χ3n) is 3.47. The predicted molar refractivity (Wildman–Crippen MR) is 103 cm³/mol. The lowest BCUT2D eigenvalue weighted by molar-refractivity contribution is -0.128. The fourth-order valence-corrected chi connectivity index (χ4v) is 3.41. The molecule has 1 aliphatic heterocycles. The van der Waals surface area contributed by atoms with E-state index in [9.17, 15) is 4.79 Å². The highest BCUT2D eigenvalue weighted by molar-refractivity contribution is 14.0. The van der Waals surface area contributed by atoms with Crippen molar-refractivity contribution in [2.45, 2.75) is 25.5 Å². The monoisotopic (exact) mass is 428 g/mol. The first-order valence-corrected chi connectivity index (χ1v) is 8.28. The average molecular weight is 428 g/mol. The van der Waals surface area contributed by atoms with Crippen LogP contribution < -0.4 is 5.32 Å². The standard InChI is InChI=1S/C14H28N4OS.HI/c1-11(2)12-10-18(8-9-20-12)14(15-3)16-7-6-13(19)17(4)5;/h11-12H,6-10H2,1-5H3,(H,15,16);1H. The van der Waals surface area contributed by atoms with E-state index in [1.807, 2.05) is 7.05 Å². The van der Waals surface area contributed by atoms with E-state index in [0.717, 1.165) is 24.8 Å². The SMILES string of the molecule is CN=C(NCCC(=O)N(C)C)N1CCSC(C(C)C)C1.I. The van der Waals surface area contributed by atoms with Crippen LogP contribution >= 0.6 is 35.7 Å². The molecule has 21 heavy (non-hydrogen) atoms. The highest BCUT2D eigenvalue weighted by Crippen LogP contribution is 2.24. The number of hydrogen-bond donors (Lipinski definition) is 1. The van der Waals surface area contributed by atoms with Gasteiger partial charge in [0.1, 0.15) is 0 Å². The topological polar surface area (TPSA) is 47.9 Å². The number of nitrogens with one attached hydrogen (secondary N) is 1. The number of aliphatic imine (C=N–C) groups is 1. The van der Waals surface area contributed by atoms with Crippen molar-refractivity contribution in [1.29, 1.82) is 0 Å². The molecule has 1 fully saturated rings. The third kappa shape index (κ3) is 7.08. The minimum Gasteiger partial charge on any atom is -0.356 e. The van der Waals surface area contributed by atoms with Crippen molar-refractivity contribution < 1.29 is 4.79 Å². The highest BCUT2D eigenvalue weighted by Gasteiger charge is 2.24. The largest absolute Gasteiger partial charge is 0.356 e. The van der Waals surface area contributed by atoms with E-state index < -0.39 is 0 Å². The minimum atomic E-state index is 0. The summed E-state index contributed by atoms with van der Waals surface area (Å²) in [7, 11) is 5.38. The maximum atomic E-state index is 11.6. The maximum Gasteiger partial charge on any atom is 0.223 e. The van der Waals surface area contributed by atoms with Crippen LogP contribution in [0.5, 0.6) is 0 Å². The molecule has 0 radical (unpaired) electrons. The molecule has 1 amide bonds. The van der Waals surface area contributed by atoms with E-state index in [1.54, 1.807) is 19.0 Å². The van der Waals surface area contributed by atoms with Crippen molar-refractivity contribution in [3.05, 3.63) is 0 Å². The first-order chi connectivity index (χ1) is 9.45. The Kier molecular flexibility index (Phi) is 10.4. The van der Waals surface area contributed by atoms with Crippen molar-refractivity contribution >= 4 is 47.6 Å². The summed E-state index contributed by atoms with van der Waals surface area (Å²) in [6.07, 6.45) is 0.502. The Morgan fingerprint density at radius 2 is 2.14 bits per heavy atom. The molecule has 0 saturated carbocycles. The van der Waals surface area contributed by atoms with E-state index in [2.05, 4.69) is 40.8 Å². The van der Waals surface area contributed by atoms with Gasteiger partial charge in [0.15, 0.2) is 5.96 Å². The maximum absolute atomic E-state index is 11.6. The summed E-state index contributed by atoms with van der Waals surface area (Å²) in [5, 5.41) is 3.96. The number of amides is 1. The number of hydrogen-bond acceptors (Lipinski definition) is 3. The van der Waals surface area contributed by atoms with Crippen molar-refractivity contribution in [2.75, 3.05) is 46.5 Å². The average Bonchev–Trinajstić information content (AvgIpc) is 2.43. The molecule has 5 nitrogen and oxygen atoms in total. The second kappa shape index (κ2) is 10.5. The summed E-state index contributed by atoms with van der Waals surface area (Å²) in [5.74, 6) is 2.88. The predicted octanol–water partition coefficient (Wildman–Crippen LogP) is 1.73. The van der Waals surface area contributed by atoms with Crippen molar-refractivity contribution in [3.8, 4) is 0 Å². The molecule has 0 aromatic heterocycles. The van der Waals surface area contributed by atoms with Gasteiger partial charge in [-0.25, -0.2) is 0 Å². The van der Waals surface area contributed by atoms with Crippen LogP contribution in [0.1, 0.15) is 20.3 Å². The Hall–Kier alpha value is -0.180. The van der Waals surface area contributed by atoms with Crippen LogP contribution in [0.15, 0.2) is 4.99 Å². The zero-order chi connectivity index (χ0) is 15.1. The minimum absolute atomic E-state index is 0. The number of carbonyl (C=O) groups excluding carboxylic acids is 1. The van der Waals surface area contributed by atoms with Gasteiger partial charge in [0, 0.05) is 58.2 Å². The van der Waals surface area contributed by atoms with Gasteiger partial charge < -0.3 is 15.1 Å². The molecule has 1 aliphatic rings. The molecular weight excluding hydrogens is 399 g/mol. The van der Waals surface area contributed by atoms with Crippen LogP contribution in [0.4, 0.5) is 0 Å². The van der Waals surface area contributed by atoms with Gasteiger partial charge in [-0.3, -0.25) is 9.79 Å². The number of rotatable bonds is 4. The van der Waals surface area contributed by atoms with E-state index >= 15 is 0 Å². The summed E-state index contributed by atoms with van der Waals surface area (Å²) in [6.45, 7) is 7.23. The zero-order valence-electron chi connectivity index (χ0n) is 13.8. The Balaban J connectivity index is 0.00000400. The Bertz CT molecular complexity index is 350. The van der Waals surface area contributed by atoms with Crippen LogP contribution in [0.2, 0.25) is 0 Å². The lowest BCUT2D eigenvalue weighted by atomic mass is 10.1. The zero-order valence-corrected chi connectivity index (χ0v) is 16.9. The second-order valence-corrected chi connectivity index (χ2v) is 6.96. The summed E-state index contributed by atoms with van der Waals surface area (Å²) < 4.78 is 0. The molecule has 1 unspecified atom stereocenters. The smallest absolute Gasteiger partial charge is 0.223 e. The van der Waals surface area contributed by atoms with E-state index in [4.69, 9.17) is 0 Å². The molecule has 1 heterocycles. The first-order valence-electron chi connectivity index (χ1n) is 7.23. The number of halogens is 1. The van der Waals surface area contributed by atoms with Crippen molar-refractivity contribution in [1.82, 2.24) is 15.1 Å². The molecule has 7 heteroatoms. The Morgan fingerprint density at radius 3 is 2.67 bits per heavy atom. The van der Waals surface area contributed by atoms with Crippen molar-refractivity contribution in [3.63, 3.8) is 0 Å². The van der Waals surface area contributed by atoms with Gasteiger partial charge in [-0.15, -0.1) is 24.0 Å². The van der Waals surface area contributed by atoms with Crippen LogP contribution in [0.25, 0.3) is 0 Å². The number of guanidine groups is 1. The van der Waals surface area contributed by atoms with Gasteiger partial charge >= 0.3 is 0 Å². The molecule has 0 aliphatic carbocycles. The lowest BCUT2D eigenvalue weighted by Crippen LogP contribution is -2.49. The number of nitrogens with zero attached hydrogens (tertiary/aromatic N) is 3. The molecule has 0 aromatic carbocycles. The van der Waals surface area contributed by atoms with Crippen LogP contribution in [0, 0.1) is 5.92 Å². The van der Waals surface area contributed by atoms with Gasteiger partial charge in [0.25, 0.3) is 0 Å². The normalized spacial score (nSPS) is 19.2. The summed E-state index contributed by atoms with van der Waals surface area (Å²) in [4.78, 5) is 19.8. The van der Waals surface area contributed by atoms with Gasteiger partial charge in [-0.1, -0.05) is 13.8 Å². The summed E-state index contributed by atoms with van der Waals surface area (Å²) in [5.41, 5.74) is 0.